The minimum absolute atomic E-state index is 0.104. The lowest BCUT2D eigenvalue weighted by atomic mass is 10.2. The molecule has 0 radical (unpaired) electrons. The number of nitrogens with one attached hydrogen (secondary N) is 2. The molecule has 0 saturated heterocycles. The van der Waals surface area contributed by atoms with Crippen molar-refractivity contribution in [1.29, 1.82) is 0 Å². The standard InChI is InChI=1S/C9H13N5O/c1-5(2)3-10-9-13-7-6(8(15)14-9)11-4-12-7/h4-5H,3H2,1-2H3,(H3,10,11,12,13,14,15). The molecule has 0 atom stereocenters. The van der Waals surface area contributed by atoms with Gasteiger partial charge in [0.05, 0.1) is 6.33 Å². The number of hydrogen-bond donors (Lipinski definition) is 3. The first-order valence-corrected chi connectivity index (χ1v) is 4.81. The largest absolute Gasteiger partial charge is 0.492 e. The molecule has 0 fully saturated rings. The maximum Gasteiger partial charge on any atom is 0.244 e. The molecule has 2 aromatic heterocycles. The van der Waals surface area contributed by atoms with Gasteiger partial charge in [-0.3, -0.25) is 0 Å². The number of anilines is 1. The van der Waals surface area contributed by atoms with Crippen LogP contribution in [-0.4, -0.2) is 31.6 Å². The Balaban J connectivity index is 2.28. The summed E-state index contributed by atoms with van der Waals surface area (Å²) in [6.45, 7) is 4.93. The van der Waals surface area contributed by atoms with E-state index in [0.717, 1.165) is 6.54 Å². The second-order valence-electron chi connectivity index (χ2n) is 3.75. The normalized spacial score (nSPS) is 11.1. The number of aromatic nitrogens is 4. The maximum absolute atomic E-state index is 9.53. The summed E-state index contributed by atoms with van der Waals surface area (Å²) in [6.07, 6.45) is 1.48. The van der Waals surface area contributed by atoms with Gasteiger partial charge in [0.25, 0.3) is 0 Å². The number of fused-ring (bicyclic) bond motifs is 1. The molecule has 0 aromatic carbocycles. The minimum Gasteiger partial charge on any atom is -0.492 e. The van der Waals surface area contributed by atoms with Gasteiger partial charge in [0.1, 0.15) is 0 Å². The Morgan fingerprint density at radius 1 is 1.47 bits per heavy atom. The highest BCUT2D eigenvalue weighted by atomic mass is 16.3. The highest BCUT2D eigenvalue weighted by Gasteiger charge is 2.08. The fourth-order valence-electron chi connectivity index (χ4n) is 1.19. The smallest absolute Gasteiger partial charge is 0.244 e. The van der Waals surface area contributed by atoms with Crippen molar-refractivity contribution in [3.05, 3.63) is 6.33 Å². The van der Waals surface area contributed by atoms with E-state index in [0.29, 0.717) is 23.0 Å². The van der Waals surface area contributed by atoms with Gasteiger partial charge in [0, 0.05) is 6.54 Å². The van der Waals surface area contributed by atoms with Crippen molar-refractivity contribution in [2.75, 3.05) is 11.9 Å². The van der Waals surface area contributed by atoms with E-state index in [1.807, 2.05) is 0 Å². The van der Waals surface area contributed by atoms with Gasteiger partial charge in [-0.05, 0) is 5.92 Å². The quantitative estimate of drug-likeness (QED) is 0.702. The van der Waals surface area contributed by atoms with E-state index in [2.05, 4.69) is 39.1 Å². The fourth-order valence-corrected chi connectivity index (χ4v) is 1.19. The predicted octanol–water partition coefficient (Wildman–Crippen LogP) is 1.13. The lowest BCUT2D eigenvalue weighted by Gasteiger charge is -2.06. The minimum atomic E-state index is -0.104. The summed E-state index contributed by atoms with van der Waals surface area (Å²) >= 11 is 0. The van der Waals surface area contributed by atoms with Gasteiger partial charge >= 0.3 is 0 Å². The Labute approximate surface area is 86.8 Å². The number of aromatic hydroxyl groups is 1. The van der Waals surface area contributed by atoms with Gasteiger partial charge in [0.15, 0.2) is 11.2 Å². The van der Waals surface area contributed by atoms with Gasteiger partial charge in [-0.25, -0.2) is 4.98 Å². The van der Waals surface area contributed by atoms with Crippen molar-refractivity contribution < 1.29 is 5.11 Å². The van der Waals surface area contributed by atoms with Gasteiger partial charge in [-0.1, -0.05) is 13.8 Å². The van der Waals surface area contributed by atoms with Crippen LogP contribution in [0.5, 0.6) is 5.88 Å². The number of imidazole rings is 1. The topological polar surface area (TPSA) is 86.7 Å². The van der Waals surface area contributed by atoms with Crippen molar-refractivity contribution in [3.63, 3.8) is 0 Å². The molecule has 3 N–H and O–H groups in total. The van der Waals surface area contributed by atoms with E-state index in [4.69, 9.17) is 0 Å². The number of hydrogen-bond acceptors (Lipinski definition) is 5. The van der Waals surface area contributed by atoms with Gasteiger partial charge in [-0.2, -0.15) is 9.97 Å². The van der Waals surface area contributed by atoms with Gasteiger partial charge in [-0.15, -0.1) is 0 Å². The molecule has 2 heterocycles. The number of rotatable bonds is 3. The van der Waals surface area contributed by atoms with Crippen LogP contribution in [0.15, 0.2) is 6.33 Å². The van der Waals surface area contributed by atoms with Crippen LogP contribution in [-0.2, 0) is 0 Å². The number of aromatic amines is 1. The molecule has 0 aliphatic rings. The van der Waals surface area contributed by atoms with E-state index < -0.39 is 0 Å². The van der Waals surface area contributed by atoms with Crippen LogP contribution < -0.4 is 5.32 Å². The zero-order valence-electron chi connectivity index (χ0n) is 8.65. The third-order valence-electron chi connectivity index (χ3n) is 1.93. The molecule has 6 heteroatoms. The summed E-state index contributed by atoms with van der Waals surface area (Å²) in [5, 5.41) is 12.6. The summed E-state index contributed by atoms with van der Waals surface area (Å²) in [4.78, 5) is 14.8. The van der Waals surface area contributed by atoms with Crippen LogP contribution in [0.25, 0.3) is 11.2 Å². The number of H-pyrrole nitrogens is 1. The van der Waals surface area contributed by atoms with E-state index in [-0.39, 0.29) is 5.88 Å². The summed E-state index contributed by atoms with van der Waals surface area (Å²) in [5.74, 6) is 0.804. The molecule has 0 aliphatic carbocycles. The Kier molecular flexibility index (Phi) is 2.40. The average Bonchev–Trinajstić information content (AvgIpc) is 2.63. The molecule has 0 amide bonds. The lowest BCUT2D eigenvalue weighted by molar-refractivity contribution is 0.458. The first-order chi connectivity index (χ1) is 7.16. The summed E-state index contributed by atoms with van der Waals surface area (Å²) < 4.78 is 0. The Hall–Kier alpha value is -1.85. The first-order valence-electron chi connectivity index (χ1n) is 4.81. The highest BCUT2D eigenvalue weighted by molar-refractivity contribution is 5.76. The Bertz CT molecular complexity index is 464. The van der Waals surface area contributed by atoms with Gasteiger partial charge in [0.2, 0.25) is 11.8 Å². The molecule has 0 aliphatic heterocycles. The summed E-state index contributed by atoms with van der Waals surface area (Å²) in [5.41, 5.74) is 0.929. The third-order valence-corrected chi connectivity index (χ3v) is 1.93. The zero-order valence-corrected chi connectivity index (χ0v) is 8.65. The molecular weight excluding hydrogens is 194 g/mol. The van der Waals surface area contributed by atoms with Crippen LogP contribution in [0.2, 0.25) is 0 Å². The third kappa shape index (κ3) is 1.98. The van der Waals surface area contributed by atoms with Crippen LogP contribution >= 0.6 is 0 Å². The molecule has 2 aromatic rings. The van der Waals surface area contributed by atoms with Crippen molar-refractivity contribution in [1.82, 2.24) is 19.9 Å². The average molecular weight is 207 g/mol. The van der Waals surface area contributed by atoms with Crippen molar-refractivity contribution in [2.24, 2.45) is 5.92 Å². The summed E-state index contributed by atoms with van der Waals surface area (Å²) in [7, 11) is 0. The molecular formula is C9H13N5O. The Morgan fingerprint density at radius 3 is 3.00 bits per heavy atom. The van der Waals surface area contributed by atoms with E-state index in [1.54, 1.807) is 0 Å². The SMILES string of the molecule is CC(C)CNc1nc(O)c2nc[nH]c2n1. The van der Waals surface area contributed by atoms with E-state index in [9.17, 15) is 5.11 Å². The summed E-state index contributed by atoms with van der Waals surface area (Å²) in [6, 6.07) is 0. The van der Waals surface area contributed by atoms with Crippen molar-refractivity contribution in [3.8, 4) is 5.88 Å². The van der Waals surface area contributed by atoms with Crippen LogP contribution in [0.3, 0.4) is 0 Å². The van der Waals surface area contributed by atoms with Crippen LogP contribution in [0.4, 0.5) is 5.95 Å². The van der Waals surface area contributed by atoms with Gasteiger partial charge < -0.3 is 15.4 Å². The second kappa shape index (κ2) is 3.72. The number of nitrogens with zero attached hydrogens (tertiary/aromatic N) is 3. The van der Waals surface area contributed by atoms with Crippen molar-refractivity contribution >= 4 is 17.1 Å². The molecule has 6 nitrogen and oxygen atoms in total. The van der Waals surface area contributed by atoms with E-state index >= 15 is 0 Å². The Morgan fingerprint density at radius 2 is 2.27 bits per heavy atom. The van der Waals surface area contributed by atoms with Crippen molar-refractivity contribution in [2.45, 2.75) is 13.8 Å². The van der Waals surface area contributed by atoms with Crippen LogP contribution in [0.1, 0.15) is 13.8 Å². The molecule has 0 saturated carbocycles. The molecule has 0 unspecified atom stereocenters. The molecule has 0 bridgehead atoms. The van der Waals surface area contributed by atoms with Crippen LogP contribution in [0, 0.1) is 5.92 Å². The fraction of sp³-hybridized carbons (Fsp3) is 0.444. The van der Waals surface area contributed by atoms with E-state index in [1.165, 1.54) is 6.33 Å². The predicted molar refractivity (Wildman–Crippen MR) is 56.7 cm³/mol. The monoisotopic (exact) mass is 207 g/mol. The molecule has 2 rings (SSSR count). The molecule has 0 spiro atoms. The first kappa shape index (κ1) is 9.70. The zero-order chi connectivity index (χ0) is 10.8. The lowest BCUT2D eigenvalue weighted by Crippen LogP contribution is -2.10. The second-order valence-corrected chi connectivity index (χ2v) is 3.75. The highest BCUT2D eigenvalue weighted by Crippen LogP contribution is 2.18. The molecule has 15 heavy (non-hydrogen) atoms. The maximum atomic E-state index is 9.53. The molecule has 80 valence electrons.